The zero-order chi connectivity index (χ0) is 16.5. The van der Waals surface area contributed by atoms with Crippen LogP contribution in [0.5, 0.6) is 0 Å². The molecule has 0 unspecified atom stereocenters. The highest BCUT2D eigenvalue weighted by Gasteiger charge is 2.15. The van der Waals surface area contributed by atoms with Crippen LogP contribution in [0.2, 0.25) is 0 Å². The summed E-state index contributed by atoms with van der Waals surface area (Å²) in [5.74, 6) is 0. The topological polar surface area (TPSA) is 36.7 Å². The number of hydrogen-bond acceptors (Lipinski definition) is 4. The Kier molecular flexibility index (Phi) is 3.78. The molecule has 0 radical (unpaired) electrons. The molecule has 1 aliphatic rings. The lowest BCUT2D eigenvalue weighted by Crippen LogP contribution is -2.44. The second-order valence-corrected chi connectivity index (χ2v) is 6.22. The largest absolute Gasteiger partial charge is 0.369 e. The maximum atomic E-state index is 4.60. The van der Waals surface area contributed by atoms with Crippen molar-refractivity contribution in [2.75, 3.05) is 38.1 Å². The molecule has 1 aliphatic heterocycles. The van der Waals surface area contributed by atoms with Crippen molar-refractivity contribution in [3.63, 3.8) is 0 Å². The number of piperazine rings is 1. The molecule has 0 amide bonds. The molecule has 0 spiro atoms. The molecule has 122 valence electrons. The van der Waals surface area contributed by atoms with E-state index in [1.165, 1.54) is 5.69 Å². The van der Waals surface area contributed by atoms with Gasteiger partial charge in [0.15, 0.2) is 5.65 Å². The number of anilines is 1. The van der Waals surface area contributed by atoms with Gasteiger partial charge in [-0.2, -0.15) is 5.10 Å². The molecule has 5 nitrogen and oxygen atoms in total. The number of aromatic nitrogens is 3. The van der Waals surface area contributed by atoms with Crippen LogP contribution in [0, 0.1) is 0 Å². The number of benzene rings is 1. The van der Waals surface area contributed by atoms with Crippen molar-refractivity contribution < 1.29 is 0 Å². The van der Waals surface area contributed by atoms with Gasteiger partial charge in [-0.25, -0.2) is 9.50 Å². The Morgan fingerprint density at radius 2 is 1.92 bits per heavy atom. The first-order valence-electron chi connectivity index (χ1n) is 8.26. The fourth-order valence-corrected chi connectivity index (χ4v) is 3.12. The fourth-order valence-electron chi connectivity index (χ4n) is 3.12. The molecule has 1 fully saturated rings. The molecule has 2 aromatic heterocycles. The molecule has 0 saturated carbocycles. The van der Waals surface area contributed by atoms with Crippen molar-refractivity contribution in [1.29, 1.82) is 0 Å². The van der Waals surface area contributed by atoms with Gasteiger partial charge in [0.1, 0.15) is 0 Å². The highest BCUT2D eigenvalue weighted by atomic mass is 15.3. The Balaban J connectivity index is 1.72. The summed E-state index contributed by atoms with van der Waals surface area (Å²) in [6.45, 7) is 8.12. The molecule has 5 heteroatoms. The number of hydrogen-bond donors (Lipinski definition) is 0. The average molecular weight is 319 g/mol. The predicted molar refractivity (Wildman–Crippen MR) is 98.2 cm³/mol. The summed E-state index contributed by atoms with van der Waals surface area (Å²) < 4.78 is 1.89. The Hall–Kier alpha value is -2.66. The van der Waals surface area contributed by atoms with Gasteiger partial charge < -0.3 is 9.80 Å². The summed E-state index contributed by atoms with van der Waals surface area (Å²) in [4.78, 5) is 9.27. The Morgan fingerprint density at radius 3 is 2.71 bits per heavy atom. The van der Waals surface area contributed by atoms with Gasteiger partial charge in [-0.05, 0) is 37.4 Å². The maximum absolute atomic E-state index is 4.60. The van der Waals surface area contributed by atoms with Crippen LogP contribution in [0.3, 0.4) is 0 Å². The summed E-state index contributed by atoms with van der Waals surface area (Å²) >= 11 is 0. The van der Waals surface area contributed by atoms with Crippen molar-refractivity contribution in [3.8, 4) is 11.3 Å². The first kappa shape index (κ1) is 14.9. The number of fused-ring (bicyclic) bond motifs is 1. The summed E-state index contributed by atoms with van der Waals surface area (Å²) in [6.07, 6.45) is 3.64. The van der Waals surface area contributed by atoms with E-state index in [1.807, 2.05) is 22.8 Å². The van der Waals surface area contributed by atoms with E-state index in [-0.39, 0.29) is 0 Å². The minimum Gasteiger partial charge on any atom is -0.369 e. The van der Waals surface area contributed by atoms with Crippen LogP contribution >= 0.6 is 0 Å². The predicted octanol–water partition coefficient (Wildman–Crippen LogP) is 2.79. The van der Waals surface area contributed by atoms with Gasteiger partial charge in [-0.1, -0.05) is 18.7 Å². The van der Waals surface area contributed by atoms with Crippen molar-refractivity contribution >= 4 is 17.4 Å². The molecular formula is C19H21N5. The third-order valence-corrected chi connectivity index (χ3v) is 4.60. The molecule has 0 aliphatic carbocycles. The number of imidazole rings is 1. The van der Waals surface area contributed by atoms with Crippen molar-refractivity contribution in [2.24, 2.45) is 0 Å². The van der Waals surface area contributed by atoms with Gasteiger partial charge in [0.2, 0.25) is 0 Å². The molecule has 0 bridgehead atoms. The minimum atomic E-state index is 0.844. The van der Waals surface area contributed by atoms with Crippen LogP contribution in [-0.2, 0) is 0 Å². The molecule has 1 aromatic carbocycles. The summed E-state index contributed by atoms with van der Waals surface area (Å²) in [5, 5.41) is 4.60. The molecule has 1 saturated heterocycles. The van der Waals surface area contributed by atoms with Crippen molar-refractivity contribution in [3.05, 3.63) is 54.9 Å². The first-order valence-corrected chi connectivity index (χ1v) is 8.26. The second kappa shape index (κ2) is 6.09. The zero-order valence-electron chi connectivity index (χ0n) is 13.9. The minimum absolute atomic E-state index is 0.844. The smallest absolute Gasteiger partial charge is 0.154 e. The lowest BCUT2D eigenvalue weighted by molar-refractivity contribution is 0.313. The van der Waals surface area contributed by atoms with E-state index < -0.39 is 0 Å². The summed E-state index contributed by atoms with van der Waals surface area (Å²) in [5.41, 5.74) is 5.09. The molecule has 24 heavy (non-hydrogen) atoms. The molecule has 0 N–H and O–H groups in total. The van der Waals surface area contributed by atoms with E-state index in [0.29, 0.717) is 0 Å². The quantitative estimate of drug-likeness (QED) is 0.744. The van der Waals surface area contributed by atoms with Crippen LogP contribution < -0.4 is 4.90 Å². The lowest BCUT2D eigenvalue weighted by atomic mass is 10.1. The van der Waals surface area contributed by atoms with E-state index >= 15 is 0 Å². The van der Waals surface area contributed by atoms with E-state index in [4.69, 9.17) is 0 Å². The van der Waals surface area contributed by atoms with E-state index in [1.54, 1.807) is 6.08 Å². The third-order valence-electron chi connectivity index (χ3n) is 4.60. The normalized spacial score (nSPS) is 15.8. The molecule has 4 rings (SSSR count). The van der Waals surface area contributed by atoms with Crippen LogP contribution in [0.4, 0.5) is 5.69 Å². The van der Waals surface area contributed by atoms with Crippen LogP contribution in [0.15, 0.2) is 49.2 Å². The van der Waals surface area contributed by atoms with Crippen molar-refractivity contribution in [2.45, 2.75) is 0 Å². The highest BCUT2D eigenvalue weighted by molar-refractivity contribution is 5.68. The summed E-state index contributed by atoms with van der Waals surface area (Å²) in [7, 11) is 2.18. The number of likely N-dealkylation sites (N-methyl/N-ethyl adjacent to an activating group) is 1. The highest BCUT2D eigenvalue weighted by Crippen LogP contribution is 2.26. The van der Waals surface area contributed by atoms with E-state index in [9.17, 15) is 0 Å². The molecule has 3 heterocycles. The Labute approximate surface area is 141 Å². The monoisotopic (exact) mass is 319 g/mol. The third kappa shape index (κ3) is 2.67. The first-order chi connectivity index (χ1) is 11.7. The van der Waals surface area contributed by atoms with Crippen LogP contribution in [-0.4, -0.2) is 52.7 Å². The number of rotatable bonds is 3. The SMILES string of the molecule is C=Cc1ccc2ncc(-c3cccc(N4CCN(C)CC4)c3)n2n1. The van der Waals surface area contributed by atoms with Crippen LogP contribution in [0.25, 0.3) is 23.0 Å². The lowest BCUT2D eigenvalue weighted by Gasteiger charge is -2.34. The van der Waals surface area contributed by atoms with Crippen molar-refractivity contribution in [1.82, 2.24) is 19.5 Å². The van der Waals surface area contributed by atoms with Gasteiger partial charge in [-0.3, -0.25) is 0 Å². The average Bonchev–Trinajstić information content (AvgIpc) is 3.05. The number of nitrogens with zero attached hydrogens (tertiary/aromatic N) is 5. The van der Waals surface area contributed by atoms with Gasteiger partial charge >= 0.3 is 0 Å². The van der Waals surface area contributed by atoms with Crippen LogP contribution in [0.1, 0.15) is 5.69 Å². The zero-order valence-corrected chi connectivity index (χ0v) is 13.9. The Bertz CT molecular complexity index is 874. The van der Waals surface area contributed by atoms with Gasteiger partial charge in [-0.15, -0.1) is 0 Å². The standard InChI is InChI=1S/C19H21N5/c1-3-16-7-8-19-20-14-18(24(19)21-16)15-5-4-6-17(13-15)23-11-9-22(2)10-12-23/h3-8,13-14H,1,9-12H2,2H3. The van der Waals surface area contributed by atoms with E-state index in [2.05, 4.69) is 57.8 Å². The van der Waals surface area contributed by atoms with Gasteiger partial charge in [0.05, 0.1) is 17.6 Å². The fraction of sp³-hybridized carbons (Fsp3) is 0.263. The maximum Gasteiger partial charge on any atom is 0.154 e. The molecule has 3 aromatic rings. The summed E-state index contributed by atoms with van der Waals surface area (Å²) in [6, 6.07) is 12.5. The molecular weight excluding hydrogens is 298 g/mol. The van der Waals surface area contributed by atoms with Gasteiger partial charge in [0, 0.05) is 37.4 Å². The Morgan fingerprint density at radius 1 is 1.08 bits per heavy atom. The molecule has 0 atom stereocenters. The van der Waals surface area contributed by atoms with Gasteiger partial charge in [0.25, 0.3) is 0 Å². The second-order valence-electron chi connectivity index (χ2n) is 6.22. The van der Waals surface area contributed by atoms with E-state index in [0.717, 1.165) is 48.8 Å².